The Hall–Kier alpha value is -2.20. The first-order valence-corrected chi connectivity index (χ1v) is 10.3. The number of nitrogens with zero attached hydrogens (tertiary/aromatic N) is 1. The molecule has 1 aromatic heterocycles. The highest BCUT2D eigenvalue weighted by Crippen LogP contribution is 2.51. The van der Waals surface area contributed by atoms with Crippen LogP contribution in [0.1, 0.15) is 19.4 Å². The zero-order valence-corrected chi connectivity index (χ0v) is 15.8. The molecule has 0 atom stereocenters. The standard InChI is InChI=1S/C20H22NO4P/c1-3-23-26(22,24-4-2)15-16-10-12-18(13-11-16)20-21-14-19(25-20)17-8-6-5-7-9-17/h5-14H,3-4,15H2,1-2H3. The monoisotopic (exact) mass is 371 g/mol. The molecule has 0 bridgehead atoms. The summed E-state index contributed by atoms with van der Waals surface area (Å²) in [6, 6.07) is 17.4. The van der Waals surface area contributed by atoms with E-state index in [1.807, 2.05) is 68.4 Å². The van der Waals surface area contributed by atoms with Crippen LogP contribution in [-0.4, -0.2) is 18.2 Å². The highest BCUT2D eigenvalue weighted by atomic mass is 31.2. The van der Waals surface area contributed by atoms with Crippen LogP contribution < -0.4 is 0 Å². The van der Waals surface area contributed by atoms with Crippen molar-refractivity contribution in [2.24, 2.45) is 0 Å². The summed E-state index contributed by atoms with van der Waals surface area (Å²) in [5, 5.41) is 0. The molecule has 3 rings (SSSR count). The van der Waals surface area contributed by atoms with Gasteiger partial charge in [0.05, 0.1) is 25.6 Å². The van der Waals surface area contributed by atoms with Gasteiger partial charge in [-0.1, -0.05) is 42.5 Å². The van der Waals surface area contributed by atoms with Crippen LogP contribution in [0.5, 0.6) is 0 Å². The van der Waals surface area contributed by atoms with Gasteiger partial charge in [0.2, 0.25) is 5.89 Å². The van der Waals surface area contributed by atoms with E-state index >= 15 is 0 Å². The lowest BCUT2D eigenvalue weighted by molar-refractivity contribution is 0.219. The molecule has 0 saturated carbocycles. The Morgan fingerprint density at radius 1 is 0.923 bits per heavy atom. The van der Waals surface area contributed by atoms with Crippen LogP contribution >= 0.6 is 7.60 Å². The maximum Gasteiger partial charge on any atom is 0.335 e. The van der Waals surface area contributed by atoms with Crippen molar-refractivity contribution < 1.29 is 18.0 Å². The molecule has 0 fully saturated rings. The number of hydrogen-bond donors (Lipinski definition) is 0. The van der Waals surface area contributed by atoms with E-state index in [1.54, 1.807) is 6.20 Å². The van der Waals surface area contributed by atoms with E-state index < -0.39 is 7.60 Å². The second kappa shape index (κ2) is 8.45. The molecule has 0 saturated heterocycles. The molecule has 26 heavy (non-hydrogen) atoms. The molecular weight excluding hydrogens is 349 g/mol. The minimum Gasteiger partial charge on any atom is -0.436 e. The van der Waals surface area contributed by atoms with Crippen LogP contribution in [-0.2, 0) is 19.8 Å². The van der Waals surface area contributed by atoms with Gasteiger partial charge in [-0.2, -0.15) is 0 Å². The van der Waals surface area contributed by atoms with Gasteiger partial charge in [-0.05, 0) is 31.5 Å². The van der Waals surface area contributed by atoms with Gasteiger partial charge < -0.3 is 13.5 Å². The highest BCUT2D eigenvalue weighted by Gasteiger charge is 2.24. The van der Waals surface area contributed by atoms with Crippen LogP contribution in [0.3, 0.4) is 0 Å². The summed E-state index contributed by atoms with van der Waals surface area (Å²) in [5.74, 6) is 1.27. The summed E-state index contributed by atoms with van der Waals surface area (Å²) in [6.07, 6.45) is 1.97. The van der Waals surface area contributed by atoms with Crippen LogP contribution in [0.15, 0.2) is 65.2 Å². The third-order valence-corrected chi connectivity index (χ3v) is 5.85. The van der Waals surface area contributed by atoms with Crippen molar-refractivity contribution in [2.75, 3.05) is 13.2 Å². The van der Waals surface area contributed by atoms with E-state index in [2.05, 4.69) is 4.98 Å². The predicted molar refractivity (Wildman–Crippen MR) is 102 cm³/mol. The summed E-state index contributed by atoms with van der Waals surface area (Å²) >= 11 is 0. The second-order valence-corrected chi connectivity index (χ2v) is 7.75. The maximum atomic E-state index is 12.6. The lowest BCUT2D eigenvalue weighted by Gasteiger charge is -2.16. The molecular formula is C20H22NO4P. The maximum absolute atomic E-state index is 12.6. The zero-order chi connectivity index (χ0) is 18.4. The lowest BCUT2D eigenvalue weighted by atomic mass is 10.1. The van der Waals surface area contributed by atoms with Crippen molar-refractivity contribution in [1.29, 1.82) is 0 Å². The minimum absolute atomic E-state index is 0.246. The molecule has 0 amide bonds. The fourth-order valence-electron chi connectivity index (χ4n) is 2.64. The van der Waals surface area contributed by atoms with E-state index in [9.17, 15) is 4.57 Å². The van der Waals surface area contributed by atoms with Gasteiger partial charge in [-0.15, -0.1) is 0 Å². The number of rotatable bonds is 8. The molecule has 136 valence electrons. The number of benzene rings is 2. The van der Waals surface area contributed by atoms with E-state index in [1.165, 1.54) is 0 Å². The summed E-state index contributed by atoms with van der Waals surface area (Å²) in [7, 11) is -3.10. The third-order valence-electron chi connectivity index (χ3n) is 3.79. The van der Waals surface area contributed by atoms with Crippen molar-refractivity contribution in [1.82, 2.24) is 4.98 Å². The molecule has 0 aliphatic heterocycles. The second-order valence-electron chi connectivity index (χ2n) is 5.70. The summed E-state index contributed by atoms with van der Waals surface area (Å²) in [5.41, 5.74) is 2.73. The van der Waals surface area contributed by atoms with Gasteiger partial charge in [0.1, 0.15) is 0 Å². The zero-order valence-electron chi connectivity index (χ0n) is 14.9. The Bertz CT molecular complexity index is 864. The van der Waals surface area contributed by atoms with Gasteiger partial charge in [0.15, 0.2) is 5.76 Å². The highest BCUT2D eigenvalue weighted by molar-refractivity contribution is 7.53. The molecule has 0 radical (unpaired) electrons. The Balaban J connectivity index is 1.76. The van der Waals surface area contributed by atoms with Gasteiger partial charge in [0, 0.05) is 11.1 Å². The Kier molecular flexibility index (Phi) is 6.04. The van der Waals surface area contributed by atoms with Crippen LogP contribution in [0.2, 0.25) is 0 Å². The lowest BCUT2D eigenvalue weighted by Crippen LogP contribution is -1.99. The molecule has 6 heteroatoms. The van der Waals surface area contributed by atoms with Crippen LogP contribution in [0, 0.1) is 0 Å². The normalized spacial score (nSPS) is 11.6. The van der Waals surface area contributed by atoms with Crippen molar-refractivity contribution in [3.05, 3.63) is 66.4 Å². The number of oxazole rings is 1. The summed E-state index contributed by atoms with van der Waals surface area (Å²) < 4.78 is 29.2. The average molecular weight is 371 g/mol. The van der Waals surface area contributed by atoms with Gasteiger partial charge in [-0.3, -0.25) is 4.57 Å². The quantitative estimate of drug-likeness (QED) is 0.470. The van der Waals surface area contributed by atoms with E-state index in [4.69, 9.17) is 13.5 Å². The van der Waals surface area contributed by atoms with Gasteiger partial charge in [-0.25, -0.2) is 4.98 Å². The van der Waals surface area contributed by atoms with Gasteiger partial charge in [0.25, 0.3) is 0 Å². The SMILES string of the molecule is CCOP(=O)(Cc1ccc(-c2ncc(-c3ccccc3)o2)cc1)OCC. The molecule has 1 heterocycles. The van der Waals surface area contributed by atoms with Crippen molar-refractivity contribution in [3.8, 4) is 22.8 Å². The first-order valence-electron chi connectivity index (χ1n) is 8.62. The number of aromatic nitrogens is 1. The molecule has 0 N–H and O–H groups in total. The molecule has 0 unspecified atom stereocenters. The molecule has 2 aromatic carbocycles. The Morgan fingerprint density at radius 2 is 1.58 bits per heavy atom. The van der Waals surface area contributed by atoms with Crippen molar-refractivity contribution in [2.45, 2.75) is 20.0 Å². The smallest absolute Gasteiger partial charge is 0.335 e. The average Bonchev–Trinajstić information content (AvgIpc) is 3.13. The first-order chi connectivity index (χ1) is 12.6. The van der Waals surface area contributed by atoms with E-state index in [0.717, 1.165) is 22.5 Å². The molecule has 5 nitrogen and oxygen atoms in total. The van der Waals surface area contributed by atoms with Crippen LogP contribution in [0.4, 0.5) is 0 Å². The predicted octanol–water partition coefficient (Wildman–Crippen LogP) is 5.77. The molecule has 0 aliphatic carbocycles. The van der Waals surface area contributed by atoms with E-state index in [-0.39, 0.29) is 6.16 Å². The third kappa shape index (κ3) is 4.50. The summed E-state index contributed by atoms with van der Waals surface area (Å²) in [4.78, 5) is 4.36. The van der Waals surface area contributed by atoms with E-state index in [0.29, 0.717) is 19.1 Å². The van der Waals surface area contributed by atoms with Crippen LogP contribution in [0.25, 0.3) is 22.8 Å². The van der Waals surface area contributed by atoms with Crippen molar-refractivity contribution >= 4 is 7.60 Å². The Labute approximate surface area is 153 Å². The fraction of sp³-hybridized carbons (Fsp3) is 0.250. The topological polar surface area (TPSA) is 61.6 Å². The largest absolute Gasteiger partial charge is 0.436 e. The molecule has 3 aromatic rings. The summed E-state index contributed by atoms with van der Waals surface area (Å²) in [6.45, 7) is 4.32. The first kappa shape index (κ1) is 18.6. The molecule has 0 aliphatic rings. The van der Waals surface area contributed by atoms with Crippen molar-refractivity contribution in [3.63, 3.8) is 0 Å². The fourth-order valence-corrected chi connectivity index (χ4v) is 4.34. The molecule has 0 spiro atoms. The minimum atomic E-state index is -3.10. The Morgan fingerprint density at radius 3 is 2.19 bits per heavy atom. The number of hydrogen-bond acceptors (Lipinski definition) is 5. The van der Waals surface area contributed by atoms with Gasteiger partial charge >= 0.3 is 7.60 Å².